The highest BCUT2D eigenvalue weighted by Gasteiger charge is 2.33. The van der Waals surface area contributed by atoms with E-state index in [1.165, 1.54) is 23.1 Å². The van der Waals surface area contributed by atoms with Crippen LogP contribution in [0.5, 0.6) is 0 Å². The van der Waals surface area contributed by atoms with Crippen LogP contribution in [0.25, 0.3) is 0 Å². The van der Waals surface area contributed by atoms with Gasteiger partial charge in [0.15, 0.2) is 0 Å². The van der Waals surface area contributed by atoms with Gasteiger partial charge in [-0.15, -0.1) is 0 Å². The third-order valence-electron chi connectivity index (χ3n) is 7.20. The predicted molar refractivity (Wildman–Crippen MR) is 173 cm³/mol. The van der Waals surface area contributed by atoms with Crippen LogP contribution in [0.1, 0.15) is 64.1 Å². The summed E-state index contributed by atoms with van der Waals surface area (Å²) in [6.45, 7) is 4.73. The maximum atomic E-state index is 13.4. The number of nitrogens with one attached hydrogen (secondary N) is 2. The van der Waals surface area contributed by atoms with E-state index in [-0.39, 0.29) is 28.3 Å². The largest absolute Gasteiger partial charge is 0.417 e. The highest BCUT2D eigenvalue weighted by Crippen LogP contribution is 2.35. The van der Waals surface area contributed by atoms with Gasteiger partial charge in [0.25, 0.3) is 11.8 Å². The van der Waals surface area contributed by atoms with Crippen LogP contribution in [-0.2, 0) is 17.5 Å². The molecule has 10 nitrogen and oxygen atoms in total. The molecule has 2 atom stereocenters. The van der Waals surface area contributed by atoms with Crippen LogP contribution in [0.2, 0.25) is 5.02 Å². The van der Waals surface area contributed by atoms with Gasteiger partial charge in [-0.3, -0.25) is 19.3 Å². The summed E-state index contributed by atoms with van der Waals surface area (Å²) < 4.78 is 39.8. The summed E-state index contributed by atoms with van der Waals surface area (Å²) in [5.41, 5.74) is 2.81. The zero-order chi connectivity index (χ0) is 34.3. The summed E-state index contributed by atoms with van der Waals surface area (Å²) in [5, 5.41) is 25.8. The van der Waals surface area contributed by atoms with Crippen molar-refractivity contribution in [1.29, 1.82) is 0 Å². The summed E-state index contributed by atoms with van der Waals surface area (Å²) in [6, 6.07) is 14.5. The Hall–Kier alpha value is -4.30. The van der Waals surface area contributed by atoms with Crippen LogP contribution in [-0.4, -0.2) is 70.9 Å². The number of benzene rings is 3. The Bertz CT molecular complexity index is 1640. The number of amides is 3. The number of anilines is 2. The molecule has 250 valence electrons. The monoisotopic (exact) mass is 673 g/mol. The molecule has 0 bridgehead atoms. The topological polar surface area (TPSA) is 135 Å². The number of hydrazone groups is 1. The van der Waals surface area contributed by atoms with Crippen molar-refractivity contribution in [3.63, 3.8) is 0 Å². The van der Waals surface area contributed by atoms with Gasteiger partial charge in [0.05, 0.1) is 40.3 Å². The molecule has 0 radical (unpaired) electrons. The van der Waals surface area contributed by atoms with E-state index in [2.05, 4.69) is 15.8 Å². The fourth-order valence-electron chi connectivity index (χ4n) is 5.20. The molecule has 4 N–H and O–H groups in total. The fraction of sp³-hybridized carbons (Fsp3) is 0.333. The summed E-state index contributed by atoms with van der Waals surface area (Å²) in [6.07, 6.45) is -3.91. The molecule has 0 aliphatic carbocycles. The Labute approximate surface area is 274 Å². The van der Waals surface area contributed by atoms with Gasteiger partial charge >= 0.3 is 6.18 Å². The Kier molecular flexibility index (Phi) is 11.7. The van der Waals surface area contributed by atoms with Crippen LogP contribution >= 0.6 is 11.6 Å². The lowest BCUT2D eigenvalue weighted by atomic mass is 10.1. The first-order valence-electron chi connectivity index (χ1n) is 14.8. The first-order chi connectivity index (χ1) is 22.2. The Morgan fingerprint density at radius 2 is 1.77 bits per heavy atom. The number of carbonyl (C=O) groups is 3. The van der Waals surface area contributed by atoms with Crippen molar-refractivity contribution in [3.8, 4) is 0 Å². The van der Waals surface area contributed by atoms with Crippen molar-refractivity contribution >= 4 is 46.9 Å². The fourth-order valence-corrected chi connectivity index (χ4v) is 5.42. The number of hydrogen-bond donors (Lipinski definition) is 4. The molecule has 1 aliphatic rings. The molecule has 3 aromatic rings. The van der Waals surface area contributed by atoms with Crippen LogP contribution in [0.4, 0.5) is 24.5 Å². The molecule has 0 spiro atoms. The lowest BCUT2D eigenvalue weighted by Gasteiger charge is -2.25. The lowest BCUT2D eigenvalue weighted by molar-refractivity contribution is -0.137. The molecule has 47 heavy (non-hydrogen) atoms. The number of carbonyl (C=O) groups excluding carboxylic acids is 3. The second-order valence-electron chi connectivity index (χ2n) is 11.4. The van der Waals surface area contributed by atoms with Crippen LogP contribution < -0.4 is 15.6 Å². The van der Waals surface area contributed by atoms with Gasteiger partial charge in [-0.1, -0.05) is 29.8 Å². The van der Waals surface area contributed by atoms with Crippen LogP contribution in [0, 0.1) is 0 Å². The molecule has 1 aliphatic heterocycles. The number of rotatable bonds is 12. The van der Waals surface area contributed by atoms with Crippen LogP contribution in [0.3, 0.4) is 0 Å². The molecule has 14 heteroatoms. The average Bonchev–Trinajstić information content (AvgIpc) is 3.42. The van der Waals surface area contributed by atoms with Crippen LogP contribution in [0.15, 0.2) is 65.8 Å². The maximum absolute atomic E-state index is 13.4. The van der Waals surface area contributed by atoms with Crippen molar-refractivity contribution in [2.75, 3.05) is 29.9 Å². The van der Waals surface area contributed by atoms with E-state index in [0.717, 1.165) is 23.9 Å². The molecule has 3 aromatic carbocycles. The zero-order valence-corrected chi connectivity index (χ0v) is 26.5. The van der Waals surface area contributed by atoms with E-state index >= 15 is 0 Å². The third-order valence-corrected chi connectivity index (χ3v) is 7.53. The van der Waals surface area contributed by atoms with Gasteiger partial charge in [0, 0.05) is 43.9 Å². The number of nitrogens with zero attached hydrogens (tertiary/aromatic N) is 3. The normalized spacial score (nSPS) is 14.9. The predicted octanol–water partition coefficient (Wildman–Crippen LogP) is 5.07. The Balaban J connectivity index is 1.57. The highest BCUT2D eigenvalue weighted by atomic mass is 35.5. The van der Waals surface area contributed by atoms with E-state index < -0.39 is 40.8 Å². The van der Waals surface area contributed by atoms with Crippen molar-refractivity contribution in [1.82, 2.24) is 10.3 Å². The van der Waals surface area contributed by atoms with Crippen molar-refractivity contribution in [3.05, 3.63) is 93.5 Å². The molecule has 3 amide bonds. The van der Waals surface area contributed by atoms with Gasteiger partial charge < -0.3 is 20.4 Å². The quantitative estimate of drug-likeness (QED) is 0.157. The summed E-state index contributed by atoms with van der Waals surface area (Å²) in [5.74, 6) is -1.44. The SMILES string of the molecule is CC(O)CN(Cc1cccc(C(=O)Nc2ccc(N3CCCC3=O)cc2C(=O)NN=Cc2ccc(Cl)c(C(F)(F)F)c2)c1)CC(C)O. The van der Waals surface area contributed by atoms with Gasteiger partial charge in [-0.25, -0.2) is 5.43 Å². The minimum absolute atomic E-state index is 0.0315. The summed E-state index contributed by atoms with van der Waals surface area (Å²) in [7, 11) is 0. The molecule has 4 rings (SSSR count). The molecule has 0 aromatic heterocycles. The number of aliphatic hydroxyl groups excluding tert-OH is 2. The number of alkyl halides is 3. The molecule has 1 saturated heterocycles. The Morgan fingerprint density at radius 1 is 1.04 bits per heavy atom. The molecular formula is C33H35ClF3N5O5. The maximum Gasteiger partial charge on any atom is 0.417 e. The smallest absolute Gasteiger partial charge is 0.392 e. The first-order valence-corrected chi connectivity index (χ1v) is 15.2. The van der Waals surface area contributed by atoms with Crippen molar-refractivity contribution in [2.45, 2.75) is 51.6 Å². The third kappa shape index (κ3) is 9.85. The van der Waals surface area contributed by atoms with Gasteiger partial charge in [-0.2, -0.15) is 18.3 Å². The molecule has 1 fully saturated rings. The number of hydrogen-bond acceptors (Lipinski definition) is 7. The summed E-state index contributed by atoms with van der Waals surface area (Å²) >= 11 is 5.68. The highest BCUT2D eigenvalue weighted by molar-refractivity contribution is 6.31. The molecule has 2 unspecified atom stereocenters. The number of aliphatic hydroxyl groups is 2. The van der Waals surface area contributed by atoms with E-state index in [0.29, 0.717) is 44.7 Å². The minimum atomic E-state index is -4.68. The lowest BCUT2D eigenvalue weighted by Crippen LogP contribution is -2.35. The van der Waals surface area contributed by atoms with Gasteiger partial charge in [0.2, 0.25) is 5.91 Å². The Morgan fingerprint density at radius 3 is 2.40 bits per heavy atom. The van der Waals surface area contributed by atoms with E-state index in [1.54, 1.807) is 38.1 Å². The zero-order valence-electron chi connectivity index (χ0n) is 25.7. The number of halogens is 4. The summed E-state index contributed by atoms with van der Waals surface area (Å²) in [4.78, 5) is 42.5. The first kappa shape index (κ1) is 35.6. The van der Waals surface area contributed by atoms with Gasteiger partial charge in [-0.05, 0) is 73.9 Å². The minimum Gasteiger partial charge on any atom is -0.392 e. The molecule has 1 heterocycles. The van der Waals surface area contributed by atoms with E-state index in [9.17, 15) is 37.8 Å². The van der Waals surface area contributed by atoms with Crippen molar-refractivity contribution < 1.29 is 37.8 Å². The molecular weight excluding hydrogens is 639 g/mol. The second-order valence-corrected chi connectivity index (χ2v) is 11.8. The molecule has 0 saturated carbocycles. The second kappa shape index (κ2) is 15.5. The average molecular weight is 674 g/mol. The van der Waals surface area contributed by atoms with E-state index in [4.69, 9.17) is 11.6 Å². The van der Waals surface area contributed by atoms with E-state index in [1.807, 2.05) is 11.0 Å². The van der Waals surface area contributed by atoms with Gasteiger partial charge in [0.1, 0.15) is 0 Å². The van der Waals surface area contributed by atoms with Crippen molar-refractivity contribution in [2.24, 2.45) is 5.10 Å². The standard InChI is InChI=1S/C33H35ClF3N5O5/c1-20(43)17-41(18-21(2)44)19-23-5-3-6-24(13-23)31(46)39-29-11-9-25(42-12-4-7-30(42)45)15-26(29)32(47)40-38-16-22-8-10-28(34)27(14-22)33(35,36)37/h3,5-6,8-11,13-16,20-21,43-44H,4,7,12,17-19H2,1-2H3,(H,39,46)(H,40,47).